The summed E-state index contributed by atoms with van der Waals surface area (Å²) >= 11 is 6.97. The molecule has 0 bridgehead atoms. The maximum Gasteiger partial charge on any atom is 0.252 e. The fourth-order valence-electron chi connectivity index (χ4n) is 3.26. The lowest BCUT2D eigenvalue weighted by Crippen LogP contribution is -2.48. The van der Waals surface area contributed by atoms with Gasteiger partial charge in [-0.1, -0.05) is 11.6 Å². The number of hydrogen-bond donors (Lipinski definition) is 0. The zero-order chi connectivity index (χ0) is 21.1. The fourth-order valence-corrected chi connectivity index (χ4v) is 6.32. The standard InChI is InChI=1S/C20H21ClN4O3S2/c1-2-28-16-5-3-15(4-6-16)17-7-9-19(23-22-17)24-11-13-25(14-12-24)30(26,27)20-10-8-18(21)29-20/h3-10H,2,11-14H2,1H3. The summed E-state index contributed by atoms with van der Waals surface area (Å²) in [6.07, 6.45) is 0. The van der Waals surface area contributed by atoms with Crippen LogP contribution >= 0.6 is 22.9 Å². The third-order valence-corrected chi connectivity index (χ3v) is 8.41. The third kappa shape index (κ3) is 4.44. The highest BCUT2D eigenvalue weighted by Crippen LogP contribution is 2.29. The second-order valence-corrected chi connectivity index (χ2v) is 10.6. The van der Waals surface area contributed by atoms with Crippen LogP contribution in [-0.4, -0.2) is 55.7 Å². The van der Waals surface area contributed by atoms with E-state index in [0.717, 1.165) is 34.2 Å². The maximum atomic E-state index is 12.7. The quantitative estimate of drug-likeness (QED) is 0.552. The van der Waals surface area contributed by atoms with Crippen LogP contribution in [0.5, 0.6) is 5.75 Å². The number of halogens is 1. The summed E-state index contributed by atoms with van der Waals surface area (Å²) in [6, 6.07) is 14.7. The van der Waals surface area contributed by atoms with Gasteiger partial charge in [0.15, 0.2) is 5.82 Å². The summed E-state index contributed by atoms with van der Waals surface area (Å²) in [5, 5.41) is 8.69. The van der Waals surface area contributed by atoms with Gasteiger partial charge < -0.3 is 9.64 Å². The molecule has 30 heavy (non-hydrogen) atoms. The van der Waals surface area contributed by atoms with Gasteiger partial charge in [-0.3, -0.25) is 0 Å². The smallest absolute Gasteiger partial charge is 0.252 e. The Bertz CT molecular complexity index is 1090. The second kappa shape index (κ2) is 8.89. The van der Waals surface area contributed by atoms with Crippen molar-refractivity contribution in [1.82, 2.24) is 14.5 Å². The van der Waals surface area contributed by atoms with Crippen molar-refractivity contribution in [2.24, 2.45) is 0 Å². The first-order chi connectivity index (χ1) is 14.5. The minimum absolute atomic E-state index is 0.278. The minimum atomic E-state index is -3.50. The summed E-state index contributed by atoms with van der Waals surface area (Å²) in [5.41, 5.74) is 1.74. The molecule has 1 fully saturated rings. The highest BCUT2D eigenvalue weighted by Gasteiger charge is 2.30. The predicted molar refractivity (Wildman–Crippen MR) is 119 cm³/mol. The maximum absolute atomic E-state index is 12.7. The monoisotopic (exact) mass is 464 g/mol. The molecule has 0 atom stereocenters. The average Bonchev–Trinajstić information content (AvgIpc) is 3.22. The summed E-state index contributed by atoms with van der Waals surface area (Å²) in [7, 11) is -3.50. The van der Waals surface area contributed by atoms with Crippen LogP contribution < -0.4 is 9.64 Å². The first kappa shape index (κ1) is 21.0. The average molecular weight is 465 g/mol. The third-order valence-electron chi connectivity index (χ3n) is 4.82. The lowest BCUT2D eigenvalue weighted by atomic mass is 10.1. The lowest BCUT2D eigenvalue weighted by Gasteiger charge is -2.34. The van der Waals surface area contributed by atoms with Gasteiger partial charge in [0.25, 0.3) is 10.0 Å². The molecule has 0 aliphatic carbocycles. The molecule has 0 unspecified atom stereocenters. The summed E-state index contributed by atoms with van der Waals surface area (Å²) in [4.78, 5) is 2.04. The van der Waals surface area contributed by atoms with Gasteiger partial charge in [-0.25, -0.2) is 8.42 Å². The van der Waals surface area contributed by atoms with Crippen LogP contribution in [0.15, 0.2) is 52.7 Å². The Balaban J connectivity index is 1.40. The Morgan fingerprint density at radius 2 is 1.73 bits per heavy atom. The van der Waals surface area contributed by atoms with E-state index in [9.17, 15) is 8.42 Å². The minimum Gasteiger partial charge on any atom is -0.494 e. The molecule has 0 N–H and O–H groups in total. The number of sulfonamides is 1. The molecule has 158 valence electrons. The Morgan fingerprint density at radius 1 is 1.00 bits per heavy atom. The van der Waals surface area contributed by atoms with Gasteiger partial charge >= 0.3 is 0 Å². The van der Waals surface area contributed by atoms with Crippen LogP contribution in [0, 0.1) is 0 Å². The number of piperazine rings is 1. The molecule has 10 heteroatoms. The van der Waals surface area contributed by atoms with E-state index in [1.54, 1.807) is 12.1 Å². The number of hydrogen-bond acceptors (Lipinski definition) is 7. The number of aromatic nitrogens is 2. The van der Waals surface area contributed by atoms with Crippen LogP contribution in [0.25, 0.3) is 11.3 Å². The van der Waals surface area contributed by atoms with Gasteiger partial charge in [-0.05, 0) is 55.5 Å². The van der Waals surface area contributed by atoms with Crippen molar-refractivity contribution in [3.05, 3.63) is 52.9 Å². The molecule has 0 radical (unpaired) electrons. The van der Waals surface area contributed by atoms with E-state index in [4.69, 9.17) is 16.3 Å². The Labute approximate surface area is 184 Å². The number of benzene rings is 1. The molecular weight excluding hydrogens is 444 g/mol. The van der Waals surface area contributed by atoms with E-state index in [1.165, 1.54) is 4.31 Å². The first-order valence-corrected chi connectivity index (χ1v) is 12.2. The zero-order valence-corrected chi connectivity index (χ0v) is 18.8. The van der Waals surface area contributed by atoms with E-state index in [-0.39, 0.29) is 4.21 Å². The van der Waals surface area contributed by atoms with Crippen molar-refractivity contribution < 1.29 is 13.2 Å². The van der Waals surface area contributed by atoms with E-state index in [1.807, 2.05) is 48.2 Å². The largest absolute Gasteiger partial charge is 0.494 e. The molecule has 1 saturated heterocycles. The van der Waals surface area contributed by atoms with Gasteiger partial charge in [0.2, 0.25) is 0 Å². The Hall–Kier alpha value is -2.20. The zero-order valence-electron chi connectivity index (χ0n) is 16.4. The molecular formula is C20H21ClN4O3S2. The Morgan fingerprint density at radius 3 is 2.30 bits per heavy atom. The number of anilines is 1. The molecule has 3 heterocycles. The van der Waals surface area contributed by atoms with Crippen LogP contribution in [-0.2, 0) is 10.0 Å². The highest BCUT2D eigenvalue weighted by molar-refractivity contribution is 7.91. The molecule has 4 rings (SSSR count). The van der Waals surface area contributed by atoms with Gasteiger partial charge in [0.1, 0.15) is 9.96 Å². The van der Waals surface area contributed by atoms with Crippen molar-refractivity contribution in [3.63, 3.8) is 0 Å². The molecule has 1 aromatic carbocycles. The predicted octanol–water partition coefficient (Wildman–Crippen LogP) is 3.77. The van der Waals surface area contributed by atoms with Gasteiger partial charge in [-0.2, -0.15) is 4.31 Å². The van der Waals surface area contributed by atoms with Crippen LogP contribution in [0.3, 0.4) is 0 Å². The van der Waals surface area contributed by atoms with Crippen molar-refractivity contribution in [2.45, 2.75) is 11.1 Å². The van der Waals surface area contributed by atoms with E-state index >= 15 is 0 Å². The summed E-state index contributed by atoms with van der Waals surface area (Å²) < 4.78 is 33.2. The molecule has 3 aromatic rings. The van der Waals surface area contributed by atoms with E-state index < -0.39 is 10.0 Å². The van der Waals surface area contributed by atoms with Gasteiger partial charge in [-0.15, -0.1) is 21.5 Å². The van der Waals surface area contributed by atoms with Gasteiger partial charge in [0.05, 0.1) is 16.6 Å². The summed E-state index contributed by atoms with van der Waals surface area (Å²) in [6.45, 7) is 4.46. The lowest BCUT2D eigenvalue weighted by molar-refractivity contribution is 0.340. The molecule has 2 aromatic heterocycles. The van der Waals surface area contributed by atoms with Crippen LogP contribution in [0.1, 0.15) is 6.92 Å². The van der Waals surface area contributed by atoms with Crippen LogP contribution in [0.2, 0.25) is 4.34 Å². The van der Waals surface area contributed by atoms with Crippen molar-refractivity contribution in [3.8, 4) is 17.0 Å². The first-order valence-electron chi connectivity index (χ1n) is 9.55. The van der Waals surface area contributed by atoms with E-state index in [2.05, 4.69) is 10.2 Å². The SMILES string of the molecule is CCOc1ccc(-c2ccc(N3CCN(S(=O)(=O)c4ccc(Cl)s4)CC3)nn2)cc1. The van der Waals surface area contributed by atoms with Gasteiger partial charge in [0, 0.05) is 31.7 Å². The van der Waals surface area contributed by atoms with Crippen molar-refractivity contribution in [2.75, 3.05) is 37.7 Å². The number of rotatable bonds is 6. The Kier molecular flexibility index (Phi) is 6.24. The molecule has 1 aliphatic heterocycles. The van der Waals surface area contributed by atoms with Crippen LogP contribution in [0.4, 0.5) is 5.82 Å². The van der Waals surface area contributed by atoms with E-state index in [0.29, 0.717) is 37.1 Å². The topological polar surface area (TPSA) is 75.6 Å². The normalized spacial score (nSPS) is 15.3. The molecule has 0 saturated carbocycles. The fraction of sp³-hybridized carbons (Fsp3) is 0.300. The number of ether oxygens (including phenoxy) is 1. The summed E-state index contributed by atoms with van der Waals surface area (Å²) in [5.74, 6) is 1.56. The highest BCUT2D eigenvalue weighted by atomic mass is 35.5. The van der Waals surface area contributed by atoms with Crippen molar-refractivity contribution >= 4 is 38.8 Å². The number of thiophene rings is 1. The second-order valence-electron chi connectivity index (χ2n) is 6.68. The molecule has 0 spiro atoms. The molecule has 7 nitrogen and oxygen atoms in total. The van der Waals surface area contributed by atoms with Crippen molar-refractivity contribution in [1.29, 1.82) is 0 Å². The molecule has 0 amide bonds. The number of nitrogens with zero attached hydrogens (tertiary/aromatic N) is 4. The molecule has 1 aliphatic rings.